The molecule has 4 saturated heterocycles. The molecule has 86 heavy (non-hydrogen) atoms. The number of amides is 4. The Balaban J connectivity index is 0.745. The van der Waals surface area contributed by atoms with Crippen molar-refractivity contribution in [3.05, 3.63) is 77.2 Å². The number of nitrogens with zero attached hydrogens (tertiary/aromatic N) is 8. The van der Waals surface area contributed by atoms with Gasteiger partial charge in [-0.1, -0.05) is 65.7 Å². The summed E-state index contributed by atoms with van der Waals surface area (Å²) in [6, 6.07) is 15.0. The summed E-state index contributed by atoms with van der Waals surface area (Å²) in [6.45, 7) is 26.9. The highest BCUT2D eigenvalue weighted by Gasteiger charge is 2.47. The topological polar surface area (TPSA) is 166 Å². The fourth-order valence-corrected chi connectivity index (χ4v) is 20.5. The van der Waals surface area contributed by atoms with Crippen LogP contribution in [0.4, 0.5) is 20.7 Å². The lowest BCUT2D eigenvalue weighted by atomic mass is 9.65. The molecule has 2 aromatic heterocycles. The van der Waals surface area contributed by atoms with Gasteiger partial charge in [0.1, 0.15) is 30.9 Å². The van der Waals surface area contributed by atoms with Gasteiger partial charge in [-0.25, -0.2) is 9.18 Å². The van der Waals surface area contributed by atoms with E-state index in [0.717, 1.165) is 106 Å². The quantitative estimate of drug-likeness (QED) is 0.0514. The van der Waals surface area contributed by atoms with Crippen LogP contribution in [0, 0.1) is 41.0 Å². The number of piperidine rings is 2. The van der Waals surface area contributed by atoms with Gasteiger partial charge >= 0.3 is 12.0 Å². The second-order valence-corrected chi connectivity index (χ2v) is 33.0. The number of aryl methyl sites for hydroxylation is 1. The van der Waals surface area contributed by atoms with Crippen LogP contribution in [0.2, 0.25) is 16.6 Å². The Bertz CT molecular complexity index is 3380. The normalized spacial score (nSPS) is 21.4. The maximum atomic E-state index is 18.0. The Hall–Kier alpha value is -6.23. The van der Waals surface area contributed by atoms with Crippen LogP contribution < -0.4 is 24.6 Å². The number of aliphatic hydroxyl groups is 1. The molecule has 0 bridgehead atoms. The van der Waals surface area contributed by atoms with Crippen LogP contribution in [0.25, 0.3) is 32.9 Å². The van der Waals surface area contributed by atoms with Crippen LogP contribution in [-0.2, 0) is 9.53 Å². The molecule has 4 amide bonds. The Morgan fingerprint density at radius 3 is 2.26 bits per heavy atom. The Kier molecular flexibility index (Phi) is 17.9. The molecule has 16 nitrogen and oxygen atoms in total. The molecule has 5 aromatic rings. The van der Waals surface area contributed by atoms with Gasteiger partial charge in [-0.15, -0.1) is 5.54 Å². The van der Waals surface area contributed by atoms with Gasteiger partial charge in [0.15, 0.2) is 12.6 Å². The molecule has 2 aliphatic carbocycles. The molecule has 18 heteroatoms. The zero-order valence-corrected chi connectivity index (χ0v) is 53.3. The highest BCUT2D eigenvalue weighted by Crippen LogP contribution is 2.49. The van der Waals surface area contributed by atoms with Crippen molar-refractivity contribution in [2.45, 2.75) is 148 Å². The summed E-state index contributed by atoms with van der Waals surface area (Å²) in [7, 11) is -0.567. The number of β-amino-alcohol motifs (C(OH)–C–C–N with tert-alkyl or cyclic N) is 1. The summed E-state index contributed by atoms with van der Waals surface area (Å²) in [5.41, 5.74) is 8.23. The number of hydrogen-bond acceptors (Lipinski definition) is 13. The number of ether oxygens (including phenoxy) is 3. The number of piperazine rings is 1. The van der Waals surface area contributed by atoms with Crippen molar-refractivity contribution in [3.63, 3.8) is 0 Å². The van der Waals surface area contributed by atoms with E-state index >= 15 is 4.39 Å². The highest BCUT2D eigenvalue weighted by atomic mass is 28.3. The molecule has 6 heterocycles. The van der Waals surface area contributed by atoms with E-state index in [0.29, 0.717) is 89.0 Å². The molecule has 3 aromatic carbocycles. The van der Waals surface area contributed by atoms with E-state index in [1.54, 1.807) is 18.2 Å². The molecule has 4 aliphatic heterocycles. The molecule has 6 fully saturated rings. The van der Waals surface area contributed by atoms with E-state index in [4.69, 9.17) is 29.2 Å². The molecule has 460 valence electrons. The number of aromatic nitrogens is 3. The molecule has 0 unspecified atom stereocenters. The Morgan fingerprint density at radius 1 is 0.860 bits per heavy atom. The lowest BCUT2D eigenvalue weighted by molar-refractivity contribution is -0.120. The number of urea groups is 1. The minimum atomic E-state index is -2.14. The van der Waals surface area contributed by atoms with Crippen LogP contribution in [0.15, 0.2) is 54.7 Å². The van der Waals surface area contributed by atoms with E-state index in [1.807, 2.05) is 72.2 Å². The fraction of sp³-hybridized carbons (Fsp3) is 0.588. The number of methoxy groups -OCH3 is 1. The summed E-state index contributed by atoms with van der Waals surface area (Å²) in [6.07, 6.45) is 12.3. The first-order valence-electron chi connectivity index (χ1n) is 31.8. The Morgan fingerprint density at radius 2 is 1.58 bits per heavy atom. The number of carbonyl (C=O) groups excluding carboxylic acids is 3. The molecular formula is C68H90FN9O7Si. The summed E-state index contributed by atoms with van der Waals surface area (Å²) in [5.74, 6) is 4.50. The average molecular weight is 1190 g/mol. The van der Waals surface area contributed by atoms with Crippen molar-refractivity contribution >= 4 is 59.1 Å². The molecule has 11 rings (SSSR count). The van der Waals surface area contributed by atoms with Crippen molar-refractivity contribution < 1.29 is 38.1 Å². The maximum absolute atomic E-state index is 18.0. The number of carbonyl (C=O) groups is 3. The number of fused-ring (bicyclic) bond motifs is 2. The second kappa shape index (κ2) is 25.1. The molecule has 2 saturated carbocycles. The molecule has 1 spiro atoms. The minimum absolute atomic E-state index is 0.00442. The van der Waals surface area contributed by atoms with Crippen molar-refractivity contribution in [2.75, 3.05) is 102 Å². The summed E-state index contributed by atoms with van der Waals surface area (Å²) < 4.78 is 36.0. The van der Waals surface area contributed by atoms with Gasteiger partial charge in [0.05, 0.1) is 17.6 Å². The van der Waals surface area contributed by atoms with Gasteiger partial charge in [-0.05, 0) is 147 Å². The summed E-state index contributed by atoms with van der Waals surface area (Å²) in [4.78, 5) is 63.9. The van der Waals surface area contributed by atoms with Crippen molar-refractivity contribution in [3.8, 4) is 34.5 Å². The number of likely N-dealkylation sites (tertiary alicyclic amines) is 1. The highest BCUT2D eigenvalue weighted by molar-refractivity contribution is 6.90. The Labute approximate surface area is 508 Å². The van der Waals surface area contributed by atoms with Gasteiger partial charge in [0.2, 0.25) is 5.91 Å². The summed E-state index contributed by atoms with van der Waals surface area (Å²) in [5, 5.41) is 15.8. The van der Waals surface area contributed by atoms with Gasteiger partial charge in [0, 0.05) is 125 Å². The lowest BCUT2D eigenvalue weighted by Gasteiger charge is -2.47. The number of rotatable bonds is 17. The third-order valence-corrected chi connectivity index (χ3v) is 26.8. The van der Waals surface area contributed by atoms with Crippen LogP contribution in [-0.4, -0.2) is 159 Å². The van der Waals surface area contributed by atoms with Crippen LogP contribution in [0.3, 0.4) is 0 Å². The second-order valence-electron chi connectivity index (χ2n) is 27.5. The molecular weight excluding hydrogens is 1100 g/mol. The maximum Gasteiger partial charge on any atom is 0.328 e. The van der Waals surface area contributed by atoms with Crippen LogP contribution >= 0.6 is 0 Å². The van der Waals surface area contributed by atoms with Crippen molar-refractivity contribution in [2.24, 2.45) is 16.7 Å². The molecule has 2 N–H and O–H groups in total. The zero-order valence-electron chi connectivity index (χ0n) is 52.3. The number of imide groups is 1. The monoisotopic (exact) mass is 1190 g/mol. The number of anilines is 2. The molecule has 0 radical (unpaired) electrons. The first-order valence-corrected chi connectivity index (χ1v) is 34.1. The van der Waals surface area contributed by atoms with Gasteiger partial charge in [-0.3, -0.25) is 24.8 Å². The average Bonchev–Trinajstić information content (AvgIpc) is 1.21. The first-order chi connectivity index (χ1) is 41.2. The van der Waals surface area contributed by atoms with E-state index in [-0.39, 0.29) is 53.1 Å². The number of hydrogen-bond donors (Lipinski definition) is 2. The number of nitrogens with one attached hydrogen (secondary N) is 1. The smallest absolute Gasteiger partial charge is 0.328 e. The van der Waals surface area contributed by atoms with Crippen molar-refractivity contribution in [1.82, 2.24) is 35.0 Å². The molecule has 6 aliphatic rings. The van der Waals surface area contributed by atoms with Gasteiger partial charge in [-0.2, -0.15) is 9.97 Å². The predicted molar refractivity (Wildman–Crippen MR) is 339 cm³/mol. The fourth-order valence-electron chi connectivity index (χ4n) is 15.3. The summed E-state index contributed by atoms with van der Waals surface area (Å²) >= 11 is 0. The van der Waals surface area contributed by atoms with E-state index in [1.165, 1.54) is 25.7 Å². The van der Waals surface area contributed by atoms with E-state index < -0.39 is 25.5 Å². The van der Waals surface area contributed by atoms with Crippen LogP contribution in [0.1, 0.15) is 141 Å². The predicted octanol–water partition coefficient (Wildman–Crippen LogP) is 11.5. The van der Waals surface area contributed by atoms with Crippen molar-refractivity contribution in [1.29, 1.82) is 0 Å². The minimum Gasteiger partial charge on any atom is -0.468 e. The number of pyridine rings is 1. The third kappa shape index (κ3) is 12.9. The van der Waals surface area contributed by atoms with Crippen LogP contribution in [0.5, 0.6) is 11.8 Å². The first kappa shape index (κ1) is 61.4. The number of halogens is 1. The largest absolute Gasteiger partial charge is 0.468 e. The standard InChI is InChI=1S/C68H90FN9O7Si/c1-45(2)86(46(3)4,47(5)6)35-19-50-12-10-13-51-36-53(85-44-83-9)38-54(58(50)51)60-59(69)61-55(39-70-60)62(77-27-11-20-66(8,82)41-77)73-64(72-61)84-43-68(23-24-68)42-75-33-31-74(32-34-75)40-49-16-21-67(22-17-49)25-29-76(30-26-67)63(80)52-15-14-48(7)56(37-52)78-28-18-57(79)71-65(78)81/h10,12-15,36-39,45-47,49,82H,11,16-18,20-34,40-44H2,1-9H3,(H,71,79,81)/t66-/m1/s1. The van der Waals surface area contributed by atoms with Gasteiger partial charge < -0.3 is 38.9 Å². The zero-order chi connectivity index (χ0) is 60.7. The van der Waals surface area contributed by atoms with E-state index in [2.05, 4.69) is 68.1 Å². The van der Waals surface area contributed by atoms with E-state index in [9.17, 15) is 19.5 Å². The lowest BCUT2D eigenvalue weighted by Crippen LogP contribution is -2.50. The SMILES string of the molecule is COCOc1cc(-c2ncc3c(N4CCC[C@@](C)(O)C4)nc(OCC4(CN5CCN(CC6CCC7(CC6)CCN(C(=O)c6ccc(C)c(N8CCC(=O)NC8=O)c6)CC7)CC5)CC4)nc3c2F)c2c(C#C[Si](C(C)C)(C(C)C)C(C)C)cccc2c1. The third-order valence-electron chi connectivity index (χ3n) is 20.5. The van der Waals surface area contributed by atoms with Gasteiger partial charge in [0.25, 0.3) is 5.91 Å². The number of benzene rings is 3. The molecule has 1 atom stereocenters.